The van der Waals surface area contributed by atoms with Crippen LogP contribution in [0.25, 0.3) is 0 Å². The van der Waals surface area contributed by atoms with Gasteiger partial charge in [0.15, 0.2) is 0 Å². The number of esters is 1. The summed E-state index contributed by atoms with van der Waals surface area (Å²) in [5.74, 6) is -0.987. The van der Waals surface area contributed by atoms with Crippen LogP contribution in [0.4, 0.5) is 9.59 Å². The lowest BCUT2D eigenvalue weighted by molar-refractivity contribution is -0.147. The van der Waals surface area contributed by atoms with Gasteiger partial charge >= 0.3 is 18.2 Å². The number of likely N-dealkylation sites (tertiary alicyclic amines) is 1. The first-order valence-corrected chi connectivity index (χ1v) is 9.21. The number of carbonyl (C=O) groups excluding carboxylic acids is 3. The number of hydrogen-bond acceptors (Lipinski definition) is 6. The van der Waals surface area contributed by atoms with Gasteiger partial charge in [-0.05, 0) is 32.8 Å². The number of carbonyl (C=O) groups is 3. The number of rotatable bonds is 4. The highest BCUT2D eigenvalue weighted by Gasteiger charge is 2.36. The van der Waals surface area contributed by atoms with E-state index in [0.29, 0.717) is 6.42 Å². The van der Waals surface area contributed by atoms with Gasteiger partial charge in [0.1, 0.15) is 12.2 Å². The molecule has 1 aromatic carbocycles. The summed E-state index contributed by atoms with van der Waals surface area (Å²) in [6.45, 7) is 5.81. The molecule has 8 heteroatoms. The van der Waals surface area contributed by atoms with Crippen LogP contribution in [0.5, 0.6) is 0 Å². The molecule has 1 fully saturated rings. The number of ether oxygens (including phenoxy) is 3. The van der Waals surface area contributed by atoms with Crippen molar-refractivity contribution in [2.45, 2.75) is 45.4 Å². The average molecular weight is 392 g/mol. The van der Waals surface area contributed by atoms with Gasteiger partial charge in [-0.3, -0.25) is 4.79 Å². The number of hydrogen-bond donors (Lipinski definition) is 1. The summed E-state index contributed by atoms with van der Waals surface area (Å²) < 4.78 is 15.4. The van der Waals surface area contributed by atoms with Crippen LogP contribution in [0.3, 0.4) is 0 Å². The molecule has 1 N–H and O–H groups in total. The quantitative estimate of drug-likeness (QED) is 0.625. The molecule has 0 spiro atoms. The van der Waals surface area contributed by atoms with Crippen LogP contribution < -0.4 is 5.32 Å². The Morgan fingerprint density at radius 1 is 1.14 bits per heavy atom. The molecule has 0 aromatic heterocycles. The van der Waals surface area contributed by atoms with Gasteiger partial charge in [-0.25, -0.2) is 9.59 Å². The fourth-order valence-electron chi connectivity index (χ4n) is 2.97. The Kier molecular flexibility index (Phi) is 7.25. The molecule has 0 aliphatic carbocycles. The van der Waals surface area contributed by atoms with Gasteiger partial charge in [-0.1, -0.05) is 30.3 Å². The van der Waals surface area contributed by atoms with Crippen molar-refractivity contribution in [1.29, 1.82) is 0 Å². The third-order valence-corrected chi connectivity index (χ3v) is 4.17. The van der Waals surface area contributed by atoms with E-state index in [9.17, 15) is 14.4 Å². The molecule has 154 valence electrons. The minimum absolute atomic E-state index is 0.128. The molecular formula is C20H28N2O6. The van der Waals surface area contributed by atoms with Crippen molar-refractivity contribution in [2.75, 3.05) is 20.2 Å². The summed E-state index contributed by atoms with van der Waals surface area (Å²) in [5, 5.41) is 2.72. The lowest BCUT2D eigenvalue weighted by Gasteiger charge is -2.36. The molecular weight excluding hydrogens is 364 g/mol. The second kappa shape index (κ2) is 9.43. The Bertz CT molecular complexity index is 686. The van der Waals surface area contributed by atoms with Crippen LogP contribution in [0.2, 0.25) is 0 Å². The van der Waals surface area contributed by atoms with Gasteiger partial charge in [0.2, 0.25) is 0 Å². The summed E-state index contributed by atoms with van der Waals surface area (Å²) in [6, 6.07) is 8.86. The van der Waals surface area contributed by atoms with Crippen LogP contribution in [-0.2, 0) is 25.6 Å². The summed E-state index contributed by atoms with van der Waals surface area (Å²) in [6.07, 6.45) is -0.789. The predicted molar refractivity (Wildman–Crippen MR) is 101 cm³/mol. The molecule has 2 rings (SSSR count). The van der Waals surface area contributed by atoms with E-state index in [1.807, 2.05) is 30.3 Å². The van der Waals surface area contributed by atoms with Crippen molar-refractivity contribution in [3.05, 3.63) is 35.9 Å². The predicted octanol–water partition coefficient (Wildman–Crippen LogP) is 2.71. The standard InChI is InChI=1S/C20H28N2O6/c1-20(2,3)28-18(24)21-16-10-15(17(23)26-4)11-22(12-16)19(25)27-13-14-8-6-5-7-9-14/h5-9,15-16H,10-13H2,1-4H3,(H,21,24). The lowest BCUT2D eigenvalue weighted by atomic mass is 9.94. The summed E-state index contributed by atoms with van der Waals surface area (Å²) in [7, 11) is 1.30. The maximum Gasteiger partial charge on any atom is 0.410 e. The number of piperidine rings is 1. The highest BCUT2D eigenvalue weighted by molar-refractivity contribution is 5.75. The molecule has 28 heavy (non-hydrogen) atoms. The summed E-state index contributed by atoms with van der Waals surface area (Å²) >= 11 is 0. The Labute approximate surface area is 165 Å². The zero-order valence-corrected chi connectivity index (χ0v) is 16.8. The molecule has 1 aliphatic rings. The van der Waals surface area contributed by atoms with Crippen LogP contribution in [-0.4, -0.2) is 54.9 Å². The van der Waals surface area contributed by atoms with Crippen molar-refractivity contribution in [1.82, 2.24) is 10.2 Å². The molecule has 1 aliphatic heterocycles. The fraction of sp³-hybridized carbons (Fsp3) is 0.550. The highest BCUT2D eigenvalue weighted by atomic mass is 16.6. The van der Waals surface area contributed by atoms with E-state index >= 15 is 0 Å². The molecule has 1 heterocycles. The minimum atomic E-state index is -0.644. The van der Waals surface area contributed by atoms with Gasteiger partial charge in [-0.2, -0.15) is 0 Å². The average Bonchev–Trinajstić information content (AvgIpc) is 2.64. The summed E-state index contributed by atoms with van der Waals surface area (Å²) in [4.78, 5) is 38.0. The Balaban J connectivity index is 2.00. The summed E-state index contributed by atoms with van der Waals surface area (Å²) in [5.41, 5.74) is 0.218. The van der Waals surface area contributed by atoms with Gasteiger partial charge in [0.05, 0.1) is 19.1 Å². The second-order valence-corrected chi connectivity index (χ2v) is 7.74. The maximum atomic E-state index is 12.5. The smallest absolute Gasteiger partial charge is 0.410 e. The molecule has 1 aromatic rings. The Morgan fingerprint density at radius 3 is 2.43 bits per heavy atom. The third-order valence-electron chi connectivity index (χ3n) is 4.17. The Morgan fingerprint density at radius 2 is 1.82 bits per heavy atom. The van der Waals surface area contributed by atoms with Gasteiger partial charge < -0.3 is 24.4 Å². The molecule has 1 saturated heterocycles. The van der Waals surface area contributed by atoms with Gasteiger partial charge in [0.25, 0.3) is 0 Å². The number of amides is 2. The second-order valence-electron chi connectivity index (χ2n) is 7.74. The SMILES string of the molecule is COC(=O)C1CC(NC(=O)OC(C)(C)C)CN(C(=O)OCc2ccccc2)C1. The van der Waals surface area contributed by atoms with E-state index in [2.05, 4.69) is 5.32 Å². The minimum Gasteiger partial charge on any atom is -0.469 e. The molecule has 0 radical (unpaired) electrons. The van der Waals surface area contributed by atoms with E-state index in [-0.39, 0.29) is 19.7 Å². The monoisotopic (exact) mass is 392 g/mol. The first-order valence-electron chi connectivity index (χ1n) is 9.21. The zero-order chi connectivity index (χ0) is 20.7. The molecule has 8 nitrogen and oxygen atoms in total. The molecule has 0 bridgehead atoms. The number of nitrogens with zero attached hydrogens (tertiary/aromatic N) is 1. The van der Waals surface area contributed by atoms with Crippen molar-refractivity contribution >= 4 is 18.2 Å². The van der Waals surface area contributed by atoms with Gasteiger partial charge in [0, 0.05) is 13.1 Å². The number of benzene rings is 1. The molecule has 0 saturated carbocycles. The normalized spacial score (nSPS) is 19.5. The van der Waals surface area contributed by atoms with E-state index in [4.69, 9.17) is 14.2 Å². The Hall–Kier alpha value is -2.77. The number of alkyl carbamates (subject to hydrolysis) is 1. The first kappa shape index (κ1) is 21.5. The van der Waals surface area contributed by atoms with Crippen molar-refractivity contribution in [2.24, 2.45) is 5.92 Å². The first-order chi connectivity index (χ1) is 13.2. The van der Waals surface area contributed by atoms with Crippen LogP contribution in [0, 0.1) is 5.92 Å². The van der Waals surface area contributed by atoms with Crippen LogP contribution >= 0.6 is 0 Å². The van der Waals surface area contributed by atoms with E-state index in [1.54, 1.807) is 20.8 Å². The van der Waals surface area contributed by atoms with E-state index in [1.165, 1.54) is 12.0 Å². The lowest BCUT2D eigenvalue weighted by Crippen LogP contribution is -2.54. The van der Waals surface area contributed by atoms with E-state index < -0.39 is 35.7 Å². The zero-order valence-electron chi connectivity index (χ0n) is 16.8. The van der Waals surface area contributed by atoms with Crippen molar-refractivity contribution in [3.8, 4) is 0 Å². The van der Waals surface area contributed by atoms with Crippen molar-refractivity contribution < 1.29 is 28.6 Å². The largest absolute Gasteiger partial charge is 0.469 e. The maximum absolute atomic E-state index is 12.5. The topological polar surface area (TPSA) is 94.2 Å². The molecule has 2 atom stereocenters. The number of methoxy groups -OCH3 is 1. The molecule has 2 amide bonds. The molecule has 2 unspecified atom stereocenters. The number of nitrogens with one attached hydrogen (secondary N) is 1. The third kappa shape index (κ3) is 6.75. The van der Waals surface area contributed by atoms with Crippen molar-refractivity contribution in [3.63, 3.8) is 0 Å². The van der Waals surface area contributed by atoms with Gasteiger partial charge in [-0.15, -0.1) is 0 Å². The van der Waals surface area contributed by atoms with Crippen LogP contribution in [0.1, 0.15) is 32.8 Å². The fourth-order valence-corrected chi connectivity index (χ4v) is 2.97. The van der Waals surface area contributed by atoms with Crippen LogP contribution in [0.15, 0.2) is 30.3 Å². The van der Waals surface area contributed by atoms with E-state index in [0.717, 1.165) is 5.56 Å². The highest BCUT2D eigenvalue weighted by Crippen LogP contribution is 2.20.